The molecule has 17 heavy (non-hydrogen) atoms. The quantitative estimate of drug-likeness (QED) is 0.893. The van der Waals surface area contributed by atoms with Gasteiger partial charge in [0.15, 0.2) is 0 Å². The Morgan fingerprint density at radius 2 is 2.29 bits per heavy atom. The van der Waals surface area contributed by atoms with Crippen molar-refractivity contribution in [2.45, 2.75) is 31.7 Å². The molecule has 1 aliphatic rings. The van der Waals surface area contributed by atoms with E-state index in [1.165, 1.54) is 12.3 Å². The van der Waals surface area contributed by atoms with E-state index in [2.05, 4.69) is 52.9 Å². The molecule has 0 saturated carbocycles. The van der Waals surface area contributed by atoms with Gasteiger partial charge < -0.3 is 5.32 Å². The van der Waals surface area contributed by atoms with Crippen LogP contribution in [0.15, 0.2) is 18.2 Å². The van der Waals surface area contributed by atoms with E-state index in [0.717, 1.165) is 23.3 Å². The summed E-state index contributed by atoms with van der Waals surface area (Å²) in [5.74, 6) is 2.19. The third kappa shape index (κ3) is 3.13. The molecular formula is C13H21N3S. The smallest absolute Gasteiger partial charge is 0.126 e. The monoisotopic (exact) mass is 251 g/mol. The molecule has 2 unspecified atom stereocenters. The second-order valence-corrected chi connectivity index (χ2v) is 6.04. The number of nitrogens with zero attached hydrogens (tertiary/aromatic N) is 2. The van der Waals surface area contributed by atoms with Gasteiger partial charge >= 0.3 is 0 Å². The molecule has 0 aromatic carbocycles. The molecule has 0 spiro atoms. The van der Waals surface area contributed by atoms with Crippen LogP contribution < -0.4 is 5.32 Å². The Labute approximate surface area is 108 Å². The van der Waals surface area contributed by atoms with Gasteiger partial charge in [0.05, 0.1) is 5.69 Å². The van der Waals surface area contributed by atoms with Crippen molar-refractivity contribution in [2.24, 2.45) is 0 Å². The van der Waals surface area contributed by atoms with Gasteiger partial charge in [-0.3, -0.25) is 4.90 Å². The van der Waals surface area contributed by atoms with Gasteiger partial charge in [-0.15, -0.1) is 0 Å². The van der Waals surface area contributed by atoms with Crippen LogP contribution in [0.1, 0.15) is 19.5 Å². The molecule has 2 rings (SSSR count). The fourth-order valence-electron chi connectivity index (χ4n) is 2.13. The molecule has 1 aromatic rings. The van der Waals surface area contributed by atoms with Crippen LogP contribution in [0.2, 0.25) is 0 Å². The lowest BCUT2D eigenvalue weighted by molar-refractivity contribution is 0.202. The summed E-state index contributed by atoms with van der Waals surface area (Å²) in [7, 11) is 1.91. The van der Waals surface area contributed by atoms with Gasteiger partial charge in [0.1, 0.15) is 5.82 Å². The summed E-state index contributed by atoms with van der Waals surface area (Å²) >= 11 is 2.07. The standard InChI is InChI=1S/C13H21N3S/c1-10-11(2)17-8-7-16(10)9-12-5-4-6-13(14-3)15-12/h4-6,10-11H,7-9H2,1-3H3,(H,14,15). The Morgan fingerprint density at radius 3 is 3.06 bits per heavy atom. The first-order valence-electron chi connectivity index (χ1n) is 6.20. The molecule has 94 valence electrons. The number of rotatable bonds is 3. The fourth-order valence-corrected chi connectivity index (χ4v) is 3.30. The second kappa shape index (κ2) is 5.74. The lowest BCUT2D eigenvalue weighted by Gasteiger charge is -2.37. The second-order valence-electron chi connectivity index (χ2n) is 4.55. The highest BCUT2D eigenvalue weighted by Crippen LogP contribution is 2.25. The summed E-state index contributed by atoms with van der Waals surface area (Å²) in [6, 6.07) is 6.82. The Balaban J connectivity index is 2.04. The molecule has 4 heteroatoms. The highest BCUT2D eigenvalue weighted by atomic mass is 32.2. The van der Waals surface area contributed by atoms with E-state index in [1.54, 1.807) is 0 Å². The van der Waals surface area contributed by atoms with Gasteiger partial charge in [0.25, 0.3) is 0 Å². The summed E-state index contributed by atoms with van der Waals surface area (Å²) in [4.78, 5) is 7.12. The van der Waals surface area contributed by atoms with Crippen molar-refractivity contribution in [1.82, 2.24) is 9.88 Å². The van der Waals surface area contributed by atoms with E-state index < -0.39 is 0 Å². The maximum Gasteiger partial charge on any atom is 0.126 e. The molecule has 0 radical (unpaired) electrons. The SMILES string of the molecule is CNc1cccc(CN2CCSC(C)C2C)n1. The maximum absolute atomic E-state index is 4.59. The number of nitrogens with one attached hydrogen (secondary N) is 1. The maximum atomic E-state index is 4.59. The van der Waals surface area contributed by atoms with Crippen LogP contribution in [0.5, 0.6) is 0 Å². The van der Waals surface area contributed by atoms with E-state index in [0.29, 0.717) is 6.04 Å². The molecule has 1 aromatic heterocycles. The van der Waals surface area contributed by atoms with Crippen LogP contribution in [0, 0.1) is 0 Å². The summed E-state index contributed by atoms with van der Waals surface area (Å²) in [6.07, 6.45) is 0. The minimum Gasteiger partial charge on any atom is -0.373 e. The summed E-state index contributed by atoms with van der Waals surface area (Å²) < 4.78 is 0. The Bertz CT molecular complexity index is 369. The predicted octanol–water partition coefficient (Wildman–Crippen LogP) is 2.45. The normalized spacial score (nSPS) is 25.8. The highest BCUT2D eigenvalue weighted by molar-refractivity contribution is 8.00. The zero-order valence-corrected chi connectivity index (χ0v) is 11.6. The molecule has 1 aliphatic heterocycles. The third-order valence-electron chi connectivity index (χ3n) is 3.44. The number of aromatic nitrogens is 1. The molecule has 0 bridgehead atoms. The lowest BCUT2D eigenvalue weighted by Crippen LogP contribution is -2.44. The summed E-state index contributed by atoms with van der Waals surface area (Å²) in [5.41, 5.74) is 1.16. The van der Waals surface area contributed by atoms with E-state index in [-0.39, 0.29) is 0 Å². The average molecular weight is 251 g/mol. The lowest BCUT2D eigenvalue weighted by atomic mass is 10.2. The number of anilines is 1. The van der Waals surface area contributed by atoms with Crippen molar-refractivity contribution in [3.8, 4) is 0 Å². The first-order valence-corrected chi connectivity index (χ1v) is 7.25. The first kappa shape index (κ1) is 12.7. The molecule has 1 fully saturated rings. The largest absolute Gasteiger partial charge is 0.373 e. The van der Waals surface area contributed by atoms with Gasteiger partial charge in [-0.25, -0.2) is 4.98 Å². The van der Waals surface area contributed by atoms with Crippen LogP contribution in [0.4, 0.5) is 5.82 Å². The topological polar surface area (TPSA) is 28.2 Å². The number of pyridine rings is 1. The van der Waals surface area contributed by atoms with Crippen molar-refractivity contribution >= 4 is 17.6 Å². The van der Waals surface area contributed by atoms with E-state index in [4.69, 9.17) is 0 Å². The highest BCUT2D eigenvalue weighted by Gasteiger charge is 2.25. The van der Waals surface area contributed by atoms with Crippen LogP contribution in [-0.4, -0.2) is 40.5 Å². The number of hydrogen-bond donors (Lipinski definition) is 1. The van der Waals surface area contributed by atoms with Crippen LogP contribution in [0.3, 0.4) is 0 Å². The Kier molecular flexibility index (Phi) is 4.29. The van der Waals surface area contributed by atoms with Crippen molar-refractivity contribution in [2.75, 3.05) is 24.7 Å². The first-order chi connectivity index (χ1) is 8.20. The van der Waals surface area contributed by atoms with E-state index in [9.17, 15) is 0 Å². The van der Waals surface area contributed by atoms with Crippen LogP contribution in [0.25, 0.3) is 0 Å². The minimum atomic E-state index is 0.633. The molecule has 2 atom stereocenters. The molecule has 3 nitrogen and oxygen atoms in total. The van der Waals surface area contributed by atoms with Gasteiger partial charge in [-0.2, -0.15) is 11.8 Å². The Morgan fingerprint density at radius 1 is 1.47 bits per heavy atom. The molecule has 0 aliphatic carbocycles. The molecule has 1 N–H and O–H groups in total. The average Bonchev–Trinajstić information content (AvgIpc) is 2.35. The molecule has 0 amide bonds. The zero-order chi connectivity index (χ0) is 12.3. The number of thioether (sulfide) groups is 1. The predicted molar refractivity (Wildman–Crippen MR) is 75.6 cm³/mol. The van der Waals surface area contributed by atoms with Gasteiger partial charge in [0.2, 0.25) is 0 Å². The van der Waals surface area contributed by atoms with Crippen LogP contribution in [-0.2, 0) is 6.54 Å². The van der Waals surface area contributed by atoms with Gasteiger partial charge in [-0.1, -0.05) is 13.0 Å². The van der Waals surface area contributed by atoms with E-state index in [1.807, 2.05) is 13.1 Å². The summed E-state index contributed by atoms with van der Waals surface area (Å²) in [5, 5.41) is 3.81. The molecule has 2 heterocycles. The van der Waals surface area contributed by atoms with Gasteiger partial charge in [-0.05, 0) is 19.1 Å². The zero-order valence-electron chi connectivity index (χ0n) is 10.8. The third-order valence-corrected chi connectivity index (χ3v) is 4.78. The Hall–Kier alpha value is -0.740. The van der Waals surface area contributed by atoms with Crippen molar-refractivity contribution in [3.05, 3.63) is 23.9 Å². The van der Waals surface area contributed by atoms with E-state index >= 15 is 0 Å². The van der Waals surface area contributed by atoms with Crippen LogP contribution >= 0.6 is 11.8 Å². The van der Waals surface area contributed by atoms with Crippen molar-refractivity contribution < 1.29 is 0 Å². The minimum absolute atomic E-state index is 0.633. The van der Waals surface area contributed by atoms with Crippen molar-refractivity contribution in [1.29, 1.82) is 0 Å². The number of hydrogen-bond acceptors (Lipinski definition) is 4. The van der Waals surface area contributed by atoms with Crippen molar-refractivity contribution in [3.63, 3.8) is 0 Å². The molecular weight excluding hydrogens is 230 g/mol. The molecule has 1 saturated heterocycles. The summed E-state index contributed by atoms with van der Waals surface area (Å²) in [6.45, 7) is 6.76. The van der Waals surface area contributed by atoms with Gasteiger partial charge in [0, 0.05) is 37.2 Å². The fraction of sp³-hybridized carbons (Fsp3) is 0.615.